The monoisotopic (exact) mass is 434 g/mol. The van der Waals surface area contributed by atoms with Crippen molar-refractivity contribution in [2.75, 3.05) is 44.4 Å². The van der Waals surface area contributed by atoms with Crippen LogP contribution in [0.4, 0.5) is 10.5 Å². The van der Waals surface area contributed by atoms with E-state index in [0.29, 0.717) is 0 Å². The highest BCUT2D eigenvalue weighted by Gasteiger charge is 2.24. The highest BCUT2D eigenvalue weighted by molar-refractivity contribution is 6.43. The summed E-state index contributed by atoms with van der Waals surface area (Å²) in [5.41, 5.74) is -0.756. The molecule has 1 aromatic rings. The second-order valence-electron chi connectivity index (χ2n) is 4.88. The standard InChI is InChI=1S/C20H30Cl2N4O/c1-23-20(27)24-16-7-5-15(6-8-16)9-10-25-11-13-26(14-12-25)18-4-2-3-17(21)19(18)22/h2-4,15-16H,5-14H2,1H3,(H2,23,24,27)/i5D2,6D2,7D2,8D2,9D2,10D2,11D2,12D2,13D2,14D2,15D,16D. The van der Waals surface area contributed by atoms with Crippen LogP contribution in [0.1, 0.15) is 62.0 Å². The molecule has 5 nitrogen and oxygen atoms in total. The maximum absolute atomic E-state index is 12.2. The summed E-state index contributed by atoms with van der Waals surface area (Å²) >= 11 is 12.1. The summed E-state index contributed by atoms with van der Waals surface area (Å²) in [6.07, 6.45) is -22.9. The van der Waals surface area contributed by atoms with E-state index in [1.807, 2.05) is 5.32 Å². The summed E-state index contributed by atoms with van der Waals surface area (Å²) in [4.78, 5) is 11.0. The largest absolute Gasteiger partial charge is 0.368 e. The Bertz CT molecular complexity index is 1460. The first-order valence-corrected chi connectivity index (χ1v) is 8.17. The number of carbonyl (C=O) groups is 1. The number of piperazine rings is 1. The molecule has 1 aromatic carbocycles. The molecule has 1 saturated carbocycles. The number of carbonyl (C=O) groups excluding carboxylic acids is 1. The minimum atomic E-state index is -4.91. The van der Waals surface area contributed by atoms with E-state index in [1.54, 1.807) is 0 Å². The highest BCUT2D eigenvalue weighted by atomic mass is 35.5. The van der Waals surface area contributed by atoms with Crippen molar-refractivity contribution in [2.24, 2.45) is 5.89 Å². The zero-order valence-corrected chi connectivity index (χ0v) is 15.3. The number of rotatable bonds is 5. The maximum atomic E-state index is 12.2. The van der Waals surface area contributed by atoms with E-state index >= 15 is 0 Å². The molecule has 0 radical (unpaired) electrons. The molecule has 0 atom stereocenters. The lowest BCUT2D eigenvalue weighted by atomic mass is 9.84. The van der Waals surface area contributed by atoms with Crippen LogP contribution in [0.3, 0.4) is 0 Å². The van der Waals surface area contributed by atoms with E-state index in [0.717, 1.165) is 25.2 Å². The number of urea groups is 1. The fraction of sp³-hybridized carbons (Fsp3) is 0.650. The van der Waals surface area contributed by atoms with Crippen LogP contribution in [0.15, 0.2) is 18.2 Å². The predicted octanol–water partition coefficient (Wildman–Crippen LogP) is 3.99. The van der Waals surface area contributed by atoms with Crippen LogP contribution in [0.2, 0.25) is 10.0 Å². The average molecular weight is 436 g/mol. The van der Waals surface area contributed by atoms with Gasteiger partial charge >= 0.3 is 6.03 Å². The van der Waals surface area contributed by atoms with E-state index in [9.17, 15) is 4.79 Å². The van der Waals surface area contributed by atoms with E-state index in [4.69, 9.17) is 53.4 Å². The summed E-state index contributed by atoms with van der Waals surface area (Å²) in [5, 5.41) is 2.32. The molecule has 0 bridgehead atoms. The third kappa shape index (κ3) is 5.66. The van der Waals surface area contributed by atoms with Gasteiger partial charge in [-0.05, 0) is 56.4 Å². The Morgan fingerprint density at radius 1 is 1.26 bits per heavy atom. The summed E-state index contributed by atoms with van der Waals surface area (Å²) in [7, 11) is 0.914. The zero-order valence-electron chi connectivity index (χ0n) is 35.8. The lowest BCUT2D eigenvalue weighted by Gasteiger charge is -2.37. The molecule has 1 aliphatic carbocycles. The molecule has 0 spiro atoms. The molecule has 0 unspecified atom stereocenters. The number of hydrogen-bond donors (Lipinski definition) is 2. The van der Waals surface area contributed by atoms with Crippen LogP contribution >= 0.6 is 23.2 Å². The molecule has 2 fully saturated rings. The van der Waals surface area contributed by atoms with E-state index in [-0.39, 0.29) is 9.92 Å². The molecule has 1 heterocycles. The van der Waals surface area contributed by atoms with Crippen LogP contribution in [0.25, 0.3) is 0 Å². The molecule has 2 amide bonds. The topological polar surface area (TPSA) is 47.6 Å². The van der Waals surface area contributed by atoms with Gasteiger partial charge in [-0.25, -0.2) is 4.79 Å². The van der Waals surface area contributed by atoms with Crippen molar-refractivity contribution in [1.29, 1.82) is 0 Å². The summed E-state index contributed by atoms with van der Waals surface area (Å²) < 4.78 is 190. The summed E-state index contributed by atoms with van der Waals surface area (Å²) in [5.74, 6) is -4.84. The van der Waals surface area contributed by atoms with Gasteiger partial charge in [0.1, 0.15) is 0 Å². The number of nitrogens with zero attached hydrogens (tertiary/aromatic N) is 2. The molecular weight excluding hydrogens is 383 g/mol. The molecule has 1 aliphatic heterocycles. The minimum absolute atomic E-state index is 0.165. The van der Waals surface area contributed by atoms with Gasteiger partial charge in [-0.15, -0.1) is 0 Å². The molecular formula is C20H30Cl2N4O. The predicted molar refractivity (Wildman–Crippen MR) is 113 cm³/mol. The van der Waals surface area contributed by atoms with Gasteiger partial charge in [0.2, 0.25) is 0 Å². The van der Waals surface area contributed by atoms with Gasteiger partial charge in [0.05, 0.1) is 22.6 Å². The summed E-state index contributed by atoms with van der Waals surface area (Å²) in [6.45, 7) is -21.4. The van der Waals surface area contributed by atoms with Gasteiger partial charge in [0.15, 0.2) is 0 Å². The van der Waals surface area contributed by atoms with Crippen molar-refractivity contribution in [3.63, 3.8) is 0 Å². The third-order valence-electron chi connectivity index (χ3n) is 3.10. The molecule has 150 valence electrons. The number of hydrogen-bond acceptors (Lipinski definition) is 3. The Hall–Kier alpha value is -1.17. The molecule has 27 heavy (non-hydrogen) atoms. The quantitative estimate of drug-likeness (QED) is 0.735. The van der Waals surface area contributed by atoms with Crippen LogP contribution in [-0.4, -0.2) is 56.5 Å². The first-order chi connectivity index (χ1) is 21.4. The lowest BCUT2D eigenvalue weighted by molar-refractivity contribution is 0.206. The smallest absolute Gasteiger partial charge is 0.314 e. The van der Waals surface area contributed by atoms with E-state index in [1.165, 1.54) is 5.32 Å². The number of anilines is 1. The summed E-state index contributed by atoms with van der Waals surface area (Å²) in [6, 6.07) is -2.41. The van der Waals surface area contributed by atoms with Gasteiger partial charge < -0.3 is 15.5 Å². The Kier molecular flexibility index (Phi) is 2.34. The van der Waals surface area contributed by atoms with Crippen LogP contribution in [0, 0.1) is 5.89 Å². The Morgan fingerprint density at radius 3 is 2.63 bits per heavy atom. The van der Waals surface area contributed by atoms with Crippen LogP contribution < -0.4 is 15.5 Å². The number of nitrogens with one attached hydrogen (secondary N) is 2. The van der Waals surface area contributed by atoms with Gasteiger partial charge in [-0.3, -0.25) is 4.90 Å². The van der Waals surface area contributed by atoms with E-state index in [2.05, 4.69) is 0 Å². The minimum Gasteiger partial charge on any atom is -0.368 e. The molecule has 3 rings (SSSR count). The lowest BCUT2D eigenvalue weighted by Crippen LogP contribution is -2.47. The Morgan fingerprint density at radius 2 is 1.96 bits per heavy atom. The third-order valence-corrected chi connectivity index (χ3v) is 3.91. The molecule has 7 heteroatoms. The fourth-order valence-corrected chi connectivity index (χ4v) is 2.20. The fourth-order valence-electron chi connectivity index (χ4n) is 1.82. The molecule has 2 N–H and O–H groups in total. The van der Waals surface area contributed by atoms with Crippen molar-refractivity contribution in [3.8, 4) is 0 Å². The first-order valence-electron chi connectivity index (χ1n) is 18.4. The van der Waals surface area contributed by atoms with Crippen LogP contribution in [-0.2, 0) is 0 Å². The van der Waals surface area contributed by atoms with Crippen molar-refractivity contribution in [1.82, 2.24) is 15.5 Å². The normalized spacial score (nSPS) is 57.4. The van der Waals surface area contributed by atoms with Gasteiger partial charge in [-0.2, -0.15) is 0 Å². The van der Waals surface area contributed by atoms with Crippen LogP contribution in [0.5, 0.6) is 0 Å². The Labute approximate surface area is 203 Å². The van der Waals surface area contributed by atoms with E-state index < -0.39 is 97.9 Å². The van der Waals surface area contributed by atoms with Gasteiger partial charge in [0.25, 0.3) is 0 Å². The Balaban J connectivity index is 2.44. The second-order valence-corrected chi connectivity index (χ2v) is 5.67. The van der Waals surface area contributed by atoms with Gasteiger partial charge in [0, 0.05) is 62.4 Å². The second kappa shape index (κ2) is 9.85. The maximum Gasteiger partial charge on any atom is 0.314 e. The average Bonchev–Trinajstić information content (AvgIpc) is 2.91. The number of amides is 2. The molecule has 0 aromatic heterocycles. The van der Waals surface area contributed by atoms with Crippen molar-refractivity contribution in [2.45, 2.75) is 37.9 Å². The zero-order chi connectivity index (χ0) is 39.0. The highest BCUT2D eigenvalue weighted by Crippen LogP contribution is 2.33. The van der Waals surface area contributed by atoms with Crippen molar-refractivity contribution >= 4 is 34.9 Å². The SMILES string of the molecule is [2H]C1([2H])N(c2cccc(Cl)c2Cl)C([2H])([2H])C([2H])([2H])N(C([2H])([2H])C([2H])([2H])C2([2H])C([2H])([2H])C([2H])([2H])C([2H])(NC(=O)NC)C([2H])([2H])C2([2H])[2H])C1([2H])[2H]. The van der Waals surface area contributed by atoms with Crippen molar-refractivity contribution < 1.29 is 35.0 Å². The number of halogens is 2. The van der Waals surface area contributed by atoms with Gasteiger partial charge in [-0.1, -0.05) is 29.3 Å². The first kappa shape index (κ1) is 6.41. The van der Waals surface area contributed by atoms with Crippen molar-refractivity contribution in [3.05, 3.63) is 28.2 Å². The number of benzene rings is 1. The molecule has 2 aliphatic rings. The molecule has 1 saturated heterocycles.